The number of carboxylic acid groups (broad SMARTS) is 4. The van der Waals surface area contributed by atoms with Gasteiger partial charge in [-0.05, 0) is 137 Å². The highest BCUT2D eigenvalue weighted by molar-refractivity contribution is 5.91. The molecular weight excluding hydrogens is 680 g/mol. The molecule has 0 radical (unpaired) electrons. The van der Waals surface area contributed by atoms with Crippen LogP contribution < -0.4 is 4.74 Å². The molecule has 6 aromatic rings. The molecule has 0 aromatic heterocycles. The Morgan fingerprint density at radius 3 is 0.925 bits per heavy atom. The quantitative estimate of drug-likeness (QED) is 0.0743. The van der Waals surface area contributed by atoms with Crippen LogP contribution in [0.25, 0.3) is 33.4 Å². The van der Waals surface area contributed by atoms with Crippen LogP contribution in [0.2, 0.25) is 0 Å². The summed E-state index contributed by atoms with van der Waals surface area (Å²) in [5.74, 6) is -3.56. The fraction of sp³-hybridized carbons (Fsp3) is 0. The lowest BCUT2D eigenvalue weighted by Crippen LogP contribution is -1.95. The third-order valence-corrected chi connectivity index (χ3v) is 7.74. The van der Waals surface area contributed by atoms with Crippen molar-refractivity contribution in [2.24, 2.45) is 10.2 Å². The van der Waals surface area contributed by atoms with Gasteiger partial charge in [0.05, 0.1) is 33.6 Å². The molecule has 0 fully saturated rings. The molecule has 4 N–H and O–H groups in total. The smallest absolute Gasteiger partial charge is 0.335 e. The van der Waals surface area contributed by atoms with Crippen molar-refractivity contribution >= 4 is 41.7 Å². The summed E-state index contributed by atoms with van der Waals surface area (Å²) in [6, 6.07) is 38.1. The van der Waals surface area contributed by atoms with E-state index in [4.69, 9.17) is 14.9 Å². The first kappa shape index (κ1) is 36.5. The van der Waals surface area contributed by atoms with E-state index in [0.29, 0.717) is 23.6 Å². The van der Waals surface area contributed by atoms with E-state index in [0.717, 1.165) is 33.4 Å². The molecular formula is C41H28N2O10. The van der Waals surface area contributed by atoms with E-state index in [1.54, 1.807) is 84.9 Å². The first-order valence-corrected chi connectivity index (χ1v) is 15.6. The second kappa shape index (κ2) is 16.8. The minimum atomic E-state index is -1.00. The average molecular weight is 709 g/mol. The number of benzene rings is 6. The van der Waals surface area contributed by atoms with Crippen LogP contribution in [0.5, 0.6) is 5.75 Å². The van der Waals surface area contributed by atoms with Gasteiger partial charge in [0.1, 0.15) is 5.75 Å². The van der Waals surface area contributed by atoms with Crippen LogP contribution in [0.3, 0.4) is 0 Å². The van der Waals surface area contributed by atoms with Gasteiger partial charge in [-0.3, -0.25) is 4.79 Å². The van der Waals surface area contributed by atoms with Gasteiger partial charge in [-0.2, -0.15) is 10.2 Å². The van der Waals surface area contributed by atoms with Crippen molar-refractivity contribution in [3.63, 3.8) is 0 Å². The molecule has 262 valence electrons. The number of aromatic carboxylic acids is 4. The summed E-state index contributed by atoms with van der Waals surface area (Å²) in [7, 11) is 0. The molecule has 0 amide bonds. The molecule has 0 aliphatic carbocycles. The van der Waals surface area contributed by atoms with Crippen LogP contribution in [0.4, 0.5) is 11.4 Å². The zero-order valence-corrected chi connectivity index (χ0v) is 27.5. The molecule has 0 spiro atoms. The molecule has 0 atom stereocenters. The molecule has 12 heteroatoms. The Kier molecular flexibility index (Phi) is 11.6. The topological polar surface area (TPSA) is 200 Å². The number of carbonyl (C=O) groups is 5. The largest absolute Gasteiger partial charge is 0.478 e. The zero-order chi connectivity index (χ0) is 37.9. The molecule has 6 aromatic carbocycles. The van der Waals surface area contributed by atoms with Crippen LogP contribution in [0, 0.1) is 0 Å². The van der Waals surface area contributed by atoms with E-state index in [-0.39, 0.29) is 22.3 Å². The van der Waals surface area contributed by atoms with Crippen LogP contribution in [-0.4, -0.2) is 50.8 Å². The Hall–Kier alpha value is -7.73. The Balaban J connectivity index is 0.000000231. The fourth-order valence-corrected chi connectivity index (χ4v) is 4.98. The Morgan fingerprint density at radius 1 is 0.396 bits per heavy atom. The van der Waals surface area contributed by atoms with Gasteiger partial charge >= 0.3 is 23.9 Å². The van der Waals surface area contributed by atoms with Gasteiger partial charge < -0.3 is 25.2 Å². The maximum absolute atomic E-state index is 11.2. The lowest BCUT2D eigenvalue weighted by atomic mass is 9.92. The van der Waals surface area contributed by atoms with Gasteiger partial charge in [0.15, 0.2) is 0 Å². The van der Waals surface area contributed by atoms with Crippen molar-refractivity contribution in [3.05, 3.63) is 162 Å². The second-order valence-corrected chi connectivity index (χ2v) is 11.2. The molecule has 12 nitrogen and oxygen atoms in total. The van der Waals surface area contributed by atoms with Crippen molar-refractivity contribution in [2.45, 2.75) is 0 Å². The molecule has 0 heterocycles. The van der Waals surface area contributed by atoms with Gasteiger partial charge in [-0.25, -0.2) is 19.2 Å². The van der Waals surface area contributed by atoms with Crippen molar-refractivity contribution in [1.82, 2.24) is 0 Å². The average Bonchev–Trinajstić information content (AvgIpc) is 3.18. The van der Waals surface area contributed by atoms with Crippen molar-refractivity contribution in [1.29, 1.82) is 0 Å². The summed E-state index contributed by atoms with van der Waals surface area (Å²) in [4.78, 5) is 54.3. The number of rotatable bonds is 11. The first-order valence-electron chi connectivity index (χ1n) is 15.6. The molecule has 53 heavy (non-hydrogen) atoms. The lowest BCUT2D eigenvalue weighted by molar-refractivity contribution is -0.120. The Bertz CT molecular complexity index is 2160. The van der Waals surface area contributed by atoms with Gasteiger partial charge in [-0.1, -0.05) is 36.4 Å². The number of hydrogen-bond acceptors (Lipinski definition) is 8. The number of ether oxygens (including phenoxy) is 1. The standard InChI is InChI=1S/C27H18O6.C14H10N2O4/c28-16-33-25-11-9-19(10-12-25)24-14-22(17-1-5-20(6-2-17)26(29)30)13-23(15-24)18-3-7-21(8-4-18)27(31)32;17-13(18)9-1-5-11(6-2-9)15-16-12-7-3-10(4-8-12)14(19)20/h1-16H,(H,29,30)(H,31,32);1-8H,(H,17,18)(H,19,20). The molecule has 0 unspecified atom stereocenters. The normalized spacial score (nSPS) is 10.5. The second-order valence-electron chi connectivity index (χ2n) is 11.2. The fourth-order valence-electron chi connectivity index (χ4n) is 4.98. The van der Waals surface area contributed by atoms with Crippen molar-refractivity contribution in [3.8, 4) is 39.1 Å². The molecule has 0 aliphatic heterocycles. The number of azo groups is 1. The van der Waals surface area contributed by atoms with Crippen LogP contribution in [-0.2, 0) is 4.79 Å². The van der Waals surface area contributed by atoms with E-state index in [2.05, 4.69) is 10.2 Å². The van der Waals surface area contributed by atoms with Crippen LogP contribution in [0.15, 0.2) is 150 Å². The summed E-state index contributed by atoms with van der Waals surface area (Å²) < 4.78 is 4.87. The van der Waals surface area contributed by atoms with E-state index < -0.39 is 23.9 Å². The molecule has 6 rings (SSSR count). The zero-order valence-electron chi connectivity index (χ0n) is 27.5. The molecule has 0 saturated heterocycles. The van der Waals surface area contributed by atoms with E-state index in [9.17, 15) is 34.2 Å². The summed E-state index contributed by atoms with van der Waals surface area (Å²) in [5, 5.41) is 43.7. The van der Waals surface area contributed by atoms with Crippen LogP contribution in [0.1, 0.15) is 41.4 Å². The third kappa shape index (κ3) is 9.71. The predicted octanol–water partition coefficient (Wildman–Crippen LogP) is 9.12. The van der Waals surface area contributed by atoms with Gasteiger partial charge in [0, 0.05) is 0 Å². The highest BCUT2D eigenvalue weighted by atomic mass is 16.5. The van der Waals surface area contributed by atoms with Crippen molar-refractivity contribution in [2.75, 3.05) is 0 Å². The maximum atomic E-state index is 11.2. The minimum Gasteiger partial charge on any atom is -0.478 e. The molecule has 0 bridgehead atoms. The van der Waals surface area contributed by atoms with Gasteiger partial charge in [0.25, 0.3) is 6.47 Å². The number of carbonyl (C=O) groups excluding carboxylic acids is 1. The molecule has 0 aliphatic rings. The third-order valence-electron chi connectivity index (χ3n) is 7.74. The minimum absolute atomic E-state index is 0.176. The summed E-state index contributed by atoms with van der Waals surface area (Å²) >= 11 is 0. The highest BCUT2D eigenvalue weighted by Gasteiger charge is 2.11. The number of carboxylic acids is 4. The Morgan fingerprint density at radius 2 is 0.660 bits per heavy atom. The van der Waals surface area contributed by atoms with E-state index in [1.165, 1.54) is 24.3 Å². The summed E-state index contributed by atoms with van der Waals surface area (Å²) in [6.45, 7) is 0.370. The maximum Gasteiger partial charge on any atom is 0.335 e. The summed E-state index contributed by atoms with van der Waals surface area (Å²) in [5.41, 5.74) is 6.97. The first-order chi connectivity index (χ1) is 25.5. The number of nitrogens with zero attached hydrogens (tertiary/aromatic N) is 2. The SMILES string of the molecule is O=C(O)c1ccc(N=Nc2ccc(C(=O)O)cc2)cc1.O=COc1ccc(-c2cc(-c3ccc(C(=O)O)cc3)cc(-c3ccc(C(=O)O)cc3)c2)cc1. The summed E-state index contributed by atoms with van der Waals surface area (Å²) in [6.07, 6.45) is 0. The highest BCUT2D eigenvalue weighted by Crippen LogP contribution is 2.34. The van der Waals surface area contributed by atoms with E-state index in [1.807, 2.05) is 30.3 Å². The molecule has 0 saturated carbocycles. The van der Waals surface area contributed by atoms with Crippen LogP contribution >= 0.6 is 0 Å². The lowest BCUT2D eigenvalue weighted by Gasteiger charge is -2.12. The van der Waals surface area contributed by atoms with Crippen molar-refractivity contribution < 1.29 is 49.1 Å². The number of hydrogen-bond donors (Lipinski definition) is 4. The monoisotopic (exact) mass is 708 g/mol. The van der Waals surface area contributed by atoms with E-state index >= 15 is 0 Å². The predicted molar refractivity (Wildman–Crippen MR) is 194 cm³/mol. The van der Waals surface area contributed by atoms with Gasteiger partial charge in [-0.15, -0.1) is 0 Å². The Labute approximate surface area is 301 Å². The van der Waals surface area contributed by atoms with Gasteiger partial charge in [0.2, 0.25) is 0 Å².